The fourth-order valence-corrected chi connectivity index (χ4v) is 2.17. The van der Waals surface area contributed by atoms with Crippen molar-refractivity contribution in [3.05, 3.63) is 54.1 Å². The Labute approximate surface area is 164 Å². The molecule has 0 aliphatic carbocycles. The number of hydrogen-bond donors (Lipinski definition) is 2. The molecule has 28 heavy (non-hydrogen) atoms. The van der Waals surface area contributed by atoms with Crippen LogP contribution < -0.4 is 15.4 Å². The van der Waals surface area contributed by atoms with Crippen LogP contribution in [0.5, 0.6) is 5.75 Å². The lowest BCUT2D eigenvalue weighted by Crippen LogP contribution is -2.27. The minimum atomic E-state index is -0.322. The summed E-state index contributed by atoms with van der Waals surface area (Å²) in [6, 6.07) is 13.5. The molecule has 2 aromatic carbocycles. The molecule has 0 saturated heterocycles. The average Bonchev–Trinajstić information content (AvgIpc) is 2.66. The van der Waals surface area contributed by atoms with Gasteiger partial charge in [0.05, 0.1) is 0 Å². The highest BCUT2D eigenvalue weighted by atomic mass is 16.5. The van der Waals surface area contributed by atoms with Gasteiger partial charge < -0.3 is 20.3 Å². The summed E-state index contributed by atoms with van der Waals surface area (Å²) in [5.41, 5.74) is 1.56. The van der Waals surface area contributed by atoms with E-state index in [0.717, 1.165) is 0 Å². The number of nitrogens with one attached hydrogen (secondary N) is 2. The van der Waals surface area contributed by atoms with Crippen molar-refractivity contribution in [2.45, 2.75) is 13.8 Å². The zero-order valence-corrected chi connectivity index (χ0v) is 16.5. The van der Waals surface area contributed by atoms with Gasteiger partial charge in [-0.25, -0.2) is 0 Å². The minimum Gasteiger partial charge on any atom is -0.484 e. The molecule has 0 radical (unpaired) electrons. The van der Waals surface area contributed by atoms with E-state index in [9.17, 15) is 14.4 Å². The van der Waals surface area contributed by atoms with Crippen molar-refractivity contribution in [1.29, 1.82) is 0 Å². The molecule has 0 bridgehead atoms. The standard InChI is InChI=1S/C21H25N3O4/c1-14(2)20(26)22-16-8-6-9-17(12-16)23-21(27)15-7-5-10-18(11-15)28-13-19(25)24(3)4/h5-12,14H,13H2,1-4H3,(H,22,26)(H,23,27). The first-order valence-corrected chi connectivity index (χ1v) is 8.91. The summed E-state index contributed by atoms with van der Waals surface area (Å²) < 4.78 is 5.44. The van der Waals surface area contributed by atoms with E-state index in [1.54, 1.807) is 62.6 Å². The molecule has 2 aromatic rings. The van der Waals surface area contributed by atoms with Gasteiger partial charge in [-0.1, -0.05) is 26.0 Å². The van der Waals surface area contributed by atoms with Crippen LogP contribution in [-0.4, -0.2) is 43.3 Å². The summed E-state index contributed by atoms with van der Waals surface area (Å²) in [6.07, 6.45) is 0. The van der Waals surface area contributed by atoms with Gasteiger partial charge in [0.2, 0.25) is 5.91 Å². The number of carbonyl (C=O) groups is 3. The van der Waals surface area contributed by atoms with Gasteiger partial charge in [-0.15, -0.1) is 0 Å². The summed E-state index contributed by atoms with van der Waals surface area (Å²) >= 11 is 0. The van der Waals surface area contributed by atoms with Crippen LogP contribution in [0.25, 0.3) is 0 Å². The second-order valence-corrected chi connectivity index (χ2v) is 6.78. The molecule has 0 aliphatic rings. The summed E-state index contributed by atoms with van der Waals surface area (Å²) in [7, 11) is 3.29. The number of ether oxygens (including phenoxy) is 1. The molecule has 0 atom stereocenters. The van der Waals surface area contributed by atoms with E-state index in [2.05, 4.69) is 10.6 Å². The second-order valence-electron chi connectivity index (χ2n) is 6.78. The van der Waals surface area contributed by atoms with Crippen LogP contribution in [0.15, 0.2) is 48.5 Å². The zero-order valence-electron chi connectivity index (χ0n) is 16.5. The van der Waals surface area contributed by atoms with Crippen LogP contribution in [0.2, 0.25) is 0 Å². The van der Waals surface area contributed by atoms with Crippen LogP contribution in [0.4, 0.5) is 11.4 Å². The predicted molar refractivity (Wildman–Crippen MR) is 108 cm³/mol. The molecule has 0 fully saturated rings. The number of anilines is 2. The Balaban J connectivity index is 2.04. The van der Waals surface area contributed by atoms with Gasteiger partial charge in [-0.2, -0.15) is 0 Å². The highest BCUT2D eigenvalue weighted by Crippen LogP contribution is 2.19. The van der Waals surface area contributed by atoms with Gasteiger partial charge in [-0.05, 0) is 36.4 Å². The molecular weight excluding hydrogens is 358 g/mol. The smallest absolute Gasteiger partial charge is 0.259 e. The molecule has 0 heterocycles. The molecule has 0 saturated carbocycles. The van der Waals surface area contributed by atoms with Gasteiger partial charge in [0.15, 0.2) is 6.61 Å². The Kier molecular flexibility index (Phi) is 7.14. The second kappa shape index (κ2) is 9.55. The van der Waals surface area contributed by atoms with Gasteiger partial charge >= 0.3 is 0 Å². The van der Waals surface area contributed by atoms with Crippen LogP contribution in [-0.2, 0) is 9.59 Å². The maximum atomic E-state index is 12.5. The van der Waals surface area contributed by atoms with Crippen molar-refractivity contribution >= 4 is 29.1 Å². The number of rotatable bonds is 7. The molecule has 0 aliphatic heterocycles. The molecular formula is C21H25N3O4. The van der Waals surface area contributed by atoms with E-state index < -0.39 is 0 Å². The van der Waals surface area contributed by atoms with Gasteiger partial charge in [0.1, 0.15) is 5.75 Å². The first kappa shape index (κ1) is 21.0. The Morgan fingerprint density at radius 2 is 1.61 bits per heavy atom. The van der Waals surface area contributed by atoms with Crippen LogP contribution >= 0.6 is 0 Å². The topological polar surface area (TPSA) is 87.7 Å². The van der Waals surface area contributed by atoms with Crippen LogP contribution in [0.1, 0.15) is 24.2 Å². The Morgan fingerprint density at radius 3 is 2.25 bits per heavy atom. The van der Waals surface area contributed by atoms with E-state index in [4.69, 9.17) is 4.74 Å². The summed E-state index contributed by atoms with van der Waals surface area (Å²) in [5, 5.41) is 5.58. The SMILES string of the molecule is CC(C)C(=O)Nc1cccc(NC(=O)c2cccc(OCC(=O)N(C)C)c2)c1. The first-order chi connectivity index (χ1) is 13.3. The number of nitrogens with zero attached hydrogens (tertiary/aromatic N) is 1. The normalized spacial score (nSPS) is 10.3. The van der Waals surface area contributed by atoms with Gasteiger partial charge in [0, 0.05) is 37.0 Å². The highest BCUT2D eigenvalue weighted by Gasteiger charge is 2.11. The average molecular weight is 383 g/mol. The lowest BCUT2D eigenvalue weighted by Gasteiger charge is -2.12. The summed E-state index contributed by atoms with van der Waals surface area (Å²) in [6.45, 7) is 3.51. The third kappa shape index (κ3) is 6.12. The number of hydrogen-bond acceptors (Lipinski definition) is 4. The zero-order chi connectivity index (χ0) is 20.7. The molecule has 0 aromatic heterocycles. The Morgan fingerprint density at radius 1 is 0.964 bits per heavy atom. The third-order valence-electron chi connectivity index (χ3n) is 3.87. The maximum absolute atomic E-state index is 12.5. The highest BCUT2D eigenvalue weighted by molar-refractivity contribution is 6.05. The monoisotopic (exact) mass is 383 g/mol. The quantitative estimate of drug-likeness (QED) is 0.769. The largest absolute Gasteiger partial charge is 0.484 e. The van der Waals surface area contributed by atoms with Crippen molar-refractivity contribution in [3.8, 4) is 5.75 Å². The van der Waals surface area contributed by atoms with Crippen molar-refractivity contribution in [2.75, 3.05) is 31.3 Å². The van der Waals surface area contributed by atoms with E-state index >= 15 is 0 Å². The summed E-state index contributed by atoms with van der Waals surface area (Å²) in [4.78, 5) is 37.4. The van der Waals surface area contributed by atoms with Gasteiger partial charge in [0.25, 0.3) is 11.8 Å². The van der Waals surface area contributed by atoms with Crippen LogP contribution in [0.3, 0.4) is 0 Å². The fourth-order valence-electron chi connectivity index (χ4n) is 2.17. The molecule has 3 amide bonds. The molecule has 2 rings (SSSR count). The van der Waals surface area contributed by atoms with E-state index in [0.29, 0.717) is 22.7 Å². The number of likely N-dealkylation sites (N-methyl/N-ethyl adjacent to an activating group) is 1. The molecule has 7 nitrogen and oxygen atoms in total. The van der Waals surface area contributed by atoms with Crippen molar-refractivity contribution in [3.63, 3.8) is 0 Å². The van der Waals surface area contributed by atoms with Crippen molar-refractivity contribution in [2.24, 2.45) is 5.92 Å². The van der Waals surface area contributed by atoms with Crippen molar-refractivity contribution in [1.82, 2.24) is 4.90 Å². The van der Waals surface area contributed by atoms with E-state index in [1.165, 1.54) is 4.90 Å². The van der Waals surface area contributed by atoms with Crippen molar-refractivity contribution < 1.29 is 19.1 Å². The van der Waals surface area contributed by atoms with E-state index in [1.807, 2.05) is 13.8 Å². The molecule has 0 unspecified atom stereocenters. The maximum Gasteiger partial charge on any atom is 0.259 e. The van der Waals surface area contributed by atoms with Crippen LogP contribution in [0, 0.1) is 5.92 Å². The predicted octanol–water partition coefficient (Wildman–Crippen LogP) is 3.00. The first-order valence-electron chi connectivity index (χ1n) is 8.91. The lowest BCUT2D eigenvalue weighted by molar-refractivity contribution is -0.130. The summed E-state index contributed by atoms with van der Waals surface area (Å²) in [5.74, 6) is -0.298. The Bertz CT molecular complexity index is 862. The number of benzene rings is 2. The fraction of sp³-hybridized carbons (Fsp3) is 0.286. The number of carbonyl (C=O) groups excluding carboxylic acids is 3. The lowest BCUT2D eigenvalue weighted by atomic mass is 10.2. The molecule has 7 heteroatoms. The molecule has 148 valence electrons. The Hall–Kier alpha value is -3.35. The molecule has 0 spiro atoms. The van der Waals surface area contributed by atoms with Gasteiger partial charge in [-0.3, -0.25) is 14.4 Å². The molecule has 2 N–H and O–H groups in total. The third-order valence-corrected chi connectivity index (χ3v) is 3.87. The minimum absolute atomic E-state index is 0.0967. The van der Waals surface area contributed by atoms with E-state index in [-0.39, 0.29) is 30.2 Å². The number of amides is 3.